The maximum Gasteiger partial charge on any atom is 0.408 e. The number of amides is 9. The predicted octanol–water partition coefficient (Wildman–Crippen LogP) is 2.52. The van der Waals surface area contributed by atoms with Crippen molar-refractivity contribution >= 4 is 81.1 Å². The standard InChI is InChI=1S/C59H82N14O10/c1-7-8-21-42(50(61)75)67-53(78)45(28-34(2)3)69-55(80)48(31-37-33-66-41-23-15-13-20-39(37)41)72-54(79)46(29-35-17-10-9-11-18-35)70-56(81)47(30-36-32-65-40-22-14-12-19-38(36)40)71-52(77)44(25-26-49(60)74)68-51(76)43(24-16-27-64-57(62)63)73-58(82)83-59(4,5)6/h9-15,17-20,22-23,32-34,42-48,65-66H,7-8,16,21,24-31H2,1-6H3,(H2,60,74)(H2,61,75)(H,67,78)(H,68,76)(H,69,80)(H,70,81)(H,71,77)(H,72,79)(H,73,82)(H4,62,63,64)/t42-,43-,44-,45-,46-,47+,48+/m0/s1. The maximum atomic E-state index is 15.1. The highest BCUT2D eigenvalue weighted by molar-refractivity contribution is 5.98. The first-order chi connectivity index (χ1) is 39.4. The van der Waals surface area contributed by atoms with Crippen molar-refractivity contribution in [1.29, 1.82) is 0 Å². The molecule has 0 saturated heterocycles. The predicted molar refractivity (Wildman–Crippen MR) is 315 cm³/mol. The zero-order chi connectivity index (χ0) is 60.8. The number of rotatable bonds is 32. The first kappa shape index (κ1) is 64.9. The third kappa shape index (κ3) is 21.1. The van der Waals surface area contributed by atoms with Crippen molar-refractivity contribution < 1.29 is 47.9 Å². The number of hydrogen-bond acceptors (Lipinski definition) is 11. The monoisotopic (exact) mass is 1150 g/mol. The number of nitrogens with zero attached hydrogens (tertiary/aromatic N) is 1. The summed E-state index contributed by atoms with van der Waals surface area (Å²) in [6.07, 6.45) is 3.41. The van der Waals surface area contributed by atoms with Crippen LogP contribution in [0.3, 0.4) is 0 Å². The van der Waals surface area contributed by atoms with Crippen molar-refractivity contribution in [1.82, 2.24) is 47.2 Å². The van der Waals surface area contributed by atoms with Gasteiger partial charge in [-0.05, 0) is 87.6 Å². The van der Waals surface area contributed by atoms with Gasteiger partial charge in [-0.1, -0.05) is 100 Å². The molecule has 0 unspecified atom stereocenters. The average molecular weight is 1150 g/mol. The van der Waals surface area contributed by atoms with E-state index in [0.717, 1.165) is 28.2 Å². The van der Waals surface area contributed by atoms with Crippen molar-refractivity contribution in [3.05, 3.63) is 108 Å². The Labute approximate surface area is 483 Å². The molecule has 0 aliphatic carbocycles. The highest BCUT2D eigenvalue weighted by Crippen LogP contribution is 2.22. The quantitative estimate of drug-likeness (QED) is 0.0168. The second kappa shape index (κ2) is 31.3. The molecular formula is C59H82N14O10. The van der Waals surface area contributed by atoms with Gasteiger partial charge in [0, 0.05) is 66.4 Å². The lowest BCUT2D eigenvalue weighted by Crippen LogP contribution is -2.61. The number of nitrogens with one attached hydrogen (secondary N) is 9. The number of benzene rings is 3. The van der Waals surface area contributed by atoms with Crippen molar-refractivity contribution in [3.63, 3.8) is 0 Å². The Morgan fingerprint density at radius 3 is 1.45 bits per heavy atom. The molecular weight excluding hydrogens is 1060 g/mol. The van der Waals surface area contributed by atoms with Crippen LogP contribution in [0.2, 0.25) is 0 Å². The number of nitrogens with two attached hydrogens (primary N) is 4. The second-order valence-electron chi connectivity index (χ2n) is 22.0. The summed E-state index contributed by atoms with van der Waals surface area (Å²) in [5, 5.41) is 20.7. The molecule has 0 spiro atoms. The van der Waals surface area contributed by atoms with Gasteiger partial charge in [0.2, 0.25) is 47.3 Å². The van der Waals surface area contributed by atoms with Gasteiger partial charge in [0.05, 0.1) is 0 Å². The molecule has 3 aromatic carbocycles. The summed E-state index contributed by atoms with van der Waals surface area (Å²) >= 11 is 0. The van der Waals surface area contributed by atoms with Crippen LogP contribution in [0.1, 0.15) is 110 Å². The number of hydrogen-bond donors (Lipinski definition) is 13. The van der Waals surface area contributed by atoms with E-state index in [1.165, 1.54) is 0 Å². The highest BCUT2D eigenvalue weighted by Gasteiger charge is 2.36. The van der Waals surface area contributed by atoms with Crippen LogP contribution in [0.5, 0.6) is 0 Å². The summed E-state index contributed by atoms with van der Waals surface area (Å²) in [6.45, 7) is 10.7. The van der Waals surface area contributed by atoms with Gasteiger partial charge < -0.3 is 74.9 Å². The Morgan fingerprint density at radius 1 is 0.530 bits per heavy atom. The van der Waals surface area contributed by atoms with Crippen molar-refractivity contribution in [2.75, 3.05) is 6.54 Å². The molecule has 0 fully saturated rings. The van der Waals surface area contributed by atoms with Crippen molar-refractivity contribution in [3.8, 4) is 0 Å². The molecule has 0 aliphatic rings. The number of aromatic amines is 2. The van der Waals surface area contributed by atoms with Gasteiger partial charge in [0.25, 0.3) is 0 Å². The minimum Gasteiger partial charge on any atom is -0.444 e. The lowest BCUT2D eigenvalue weighted by atomic mass is 9.99. The SMILES string of the molecule is CCCC[C@H](NC(=O)[C@H](CC(C)C)NC(=O)[C@@H](Cc1c[nH]c2ccccc12)NC(=O)[C@H](Cc1ccccc1)NC(=O)[C@@H](Cc1c[nH]c2ccccc12)NC(=O)[C@H](CCC(N)=O)NC(=O)[C@H](CCCN=C(N)N)NC(=O)OC(C)(C)C)C(N)=O. The molecule has 0 bridgehead atoms. The number of aromatic nitrogens is 2. The molecule has 24 nitrogen and oxygen atoms in total. The number of carbonyl (C=O) groups excluding carboxylic acids is 9. The molecule has 2 aromatic heterocycles. The average Bonchev–Trinajstić information content (AvgIpc) is 4.18. The fourth-order valence-electron chi connectivity index (χ4n) is 9.33. The van der Waals surface area contributed by atoms with E-state index in [9.17, 15) is 33.6 Å². The summed E-state index contributed by atoms with van der Waals surface area (Å²) in [7, 11) is 0. The van der Waals surface area contributed by atoms with E-state index >= 15 is 9.59 Å². The molecule has 7 atom stereocenters. The van der Waals surface area contributed by atoms with Crippen LogP contribution >= 0.6 is 0 Å². The number of alkyl carbamates (subject to hydrolysis) is 1. The number of para-hydroxylation sites is 2. The summed E-state index contributed by atoms with van der Waals surface area (Å²) < 4.78 is 5.41. The molecule has 0 radical (unpaired) electrons. The molecule has 5 rings (SSSR count). The highest BCUT2D eigenvalue weighted by atomic mass is 16.6. The molecule has 0 aliphatic heterocycles. The van der Waals surface area contributed by atoms with Gasteiger partial charge in [-0.2, -0.15) is 0 Å². The number of carbonyl (C=O) groups is 9. The van der Waals surface area contributed by atoms with Gasteiger partial charge in [0.15, 0.2) is 5.96 Å². The molecule has 2 heterocycles. The molecule has 9 amide bonds. The Hall–Kier alpha value is -8.96. The molecule has 0 saturated carbocycles. The van der Waals surface area contributed by atoms with Gasteiger partial charge >= 0.3 is 6.09 Å². The first-order valence-corrected chi connectivity index (χ1v) is 28.0. The van der Waals surface area contributed by atoms with Gasteiger partial charge in [-0.15, -0.1) is 0 Å². The summed E-state index contributed by atoms with van der Waals surface area (Å²) in [5.74, 6) is -6.57. The van der Waals surface area contributed by atoms with Crippen LogP contribution in [0.15, 0.2) is 96.2 Å². The van der Waals surface area contributed by atoms with Crippen LogP contribution in [0, 0.1) is 5.92 Å². The Kier molecular flexibility index (Phi) is 24.5. The van der Waals surface area contributed by atoms with Crippen LogP contribution in [0.4, 0.5) is 4.79 Å². The van der Waals surface area contributed by atoms with E-state index in [4.69, 9.17) is 27.7 Å². The lowest BCUT2D eigenvalue weighted by molar-refractivity contribution is -0.135. The van der Waals surface area contributed by atoms with E-state index in [2.05, 4.69) is 52.2 Å². The third-order valence-corrected chi connectivity index (χ3v) is 13.5. The topological polar surface area (TPSA) is 395 Å². The number of aliphatic imine (C=N–C) groups is 1. The largest absolute Gasteiger partial charge is 0.444 e. The first-order valence-electron chi connectivity index (χ1n) is 28.0. The molecule has 17 N–H and O–H groups in total. The zero-order valence-electron chi connectivity index (χ0n) is 48.1. The zero-order valence-corrected chi connectivity index (χ0v) is 48.1. The summed E-state index contributed by atoms with van der Waals surface area (Å²) in [4.78, 5) is 136. The van der Waals surface area contributed by atoms with Crippen LogP contribution < -0.4 is 60.2 Å². The minimum absolute atomic E-state index is 0.0167. The molecule has 24 heteroatoms. The number of ether oxygens (including phenoxy) is 1. The van der Waals surface area contributed by atoms with E-state index < -0.39 is 101 Å². The van der Waals surface area contributed by atoms with Crippen molar-refractivity contribution in [2.45, 2.75) is 160 Å². The van der Waals surface area contributed by atoms with E-state index in [1.54, 1.807) is 69.6 Å². The Morgan fingerprint density at radius 2 is 0.964 bits per heavy atom. The van der Waals surface area contributed by atoms with Gasteiger partial charge in [0.1, 0.15) is 47.9 Å². The van der Waals surface area contributed by atoms with Crippen molar-refractivity contribution in [2.24, 2.45) is 33.8 Å². The molecule has 5 aromatic rings. The number of unbranched alkanes of at least 4 members (excludes halogenated alkanes) is 1. The minimum atomic E-state index is -1.51. The Bertz CT molecular complexity index is 3060. The smallest absolute Gasteiger partial charge is 0.408 e. The van der Waals surface area contributed by atoms with Crippen LogP contribution in [0.25, 0.3) is 21.8 Å². The van der Waals surface area contributed by atoms with E-state index in [-0.39, 0.29) is 69.8 Å². The molecule has 83 heavy (non-hydrogen) atoms. The van der Waals surface area contributed by atoms with Crippen LogP contribution in [-0.4, -0.2) is 124 Å². The number of H-pyrrole nitrogens is 2. The number of primary amides is 2. The number of fused-ring (bicyclic) bond motifs is 2. The normalized spacial score (nSPS) is 13.9. The van der Waals surface area contributed by atoms with E-state index in [0.29, 0.717) is 29.5 Å². The summed E-state index contributed by atoms with van der Waals surface area (Å²) in [6, 6.07) is 14.2. The lowest BCUT2D eigenvalue weighted by Gasteiger charge is -2.28. The van der Waals surface area contributed by atoms with E-state index in [1.807, 2.05) is 63.2 Å². The third-order valence-electron chi connectivity index (χ3n) is 13.5. The maximum absolute atomic E-state index is 15.1. The Balaban J connectivity index is 1.51. The van der Waals surface area contributed by atoms with Crippen LogP contribution in [-0.2, 0) is 62.4 Å². The molecule has 448 valence electrons. The fourth-order valence-corrected chi connectivity index (χ4v) is 9.33. The summed E-state index contributed by atoms with van der Waals surface area (Å²) in [5.41, 5.74) is 24.7. The second-order valence-corrected chi connectivity index (χ2v) is 22.0. The fraction of sp³-hybridized carbons (Fsp3) is 0.458. The number of guanidine groups is 1. The van der Waals surface area contributed by atoms with Gasteiger partial charge in [-0.3, -0.25) is 43.3 Å². The van der Waals surface area contributed by atoms with Gasteiger partial charge in [-0.25, -0.2) is 4.79 Å².